The Morgan fingerprint density at radius 3 is 2.57 bits per heavy atom. The minimum absolute atomic E-state index is 0.466. The van der Waals surface area contributed by atoms with Crippen LogP contribution in [0.3, 0.4) is 0 Å². The van der Waals surface area contributed by atoms with Crippen molar-refractivity contribution in [3.05, 3.63) is 29.8 Å². The second kappa shape index (κ2) is 4.29. The fourth-order valence-corrected chi connectivity index (χ4v) is 0.900. The zero-order valence-electron chi connectivity index (χ0n) is 7.44. The molecule has 0 atom stereocenters. The van der Waals surface area contributed by atoms with Gasteiger partial charge in [0.25, 0.3) is 0 Å². The minimum atomic E-state index is -0.625. The molecule has 0 heterocycles. The van der Waals surface area contributed by atoms with Gasteiger partial charge in [-0.15, -0.1) is 0 Å². The lowest BCUT2D eigenvalue weighted by atomic mass is 10.1. The number of hydrogen-bond donors (Lipinski definition) is 3. The summed E-state index contributed by atoms with van der Waals surface area (Å²) in [5.41, 5.74) is 12.8. The molecule has 0 bridgehead atoms. The van der Waals surface area contributed by atoms with E-state index in [9.17, 15) is 4.79 Å². The first-order valence-electron chi connectivity index (χ1n) is 3.87. The van der Waals surface area contributed by atoms with E-state index in [4.69, 9.17) is 11.5 Å². The molecule has 0 saturated heterocycles. The molecule has 0 amide bonds. The van der Waals surface area contributed by atoms with Gasteiger partial charge in [0.05, 0.1) is 11.4 Å². The lowest BCUT2D eigenvalue weighted by Gasteiger charge is -2.00. The molecule has 0 saturated carbocycles. The van der Waals surface area contributed by atoms with Crippen LogP contribution in [0.5, 0.6) is 0 Å². The maximum Gasteiger partial charge on any atom is 0.349 e. The summed E-state index contributed by atoms with van der Waals surface area (Å²) in [5, 5.41) is 0. The molecule has 74 valence electrons. The fourth-order valence-electron chi connectivity index (χ4n) is 0.900. The van der Waals surface area contributed by atoms with Crippen LogP contribution in [0.2, 0.25) is 0 Å². The van der Waals surface area contributed by atoms with E-state index >= 15 is 0 Å². The average molecular weight is 193 g/mol. The van der Waals surface area contributed by atoms with E-state index in [0.29, 0.717) is 11.4 Å². The predicted molar refractivity (Wildman–Crippen MR) is 54.6 cm³/mol. The first-order chi connectivity index (χ1) is 6.63. The van der Waals surface area contributed by atoms with Crippen molar-refractivity contribution in [1.29, 1.82) is 0 Å². The molecule has 0 spiro atoms. The molecule has 0 aliphatic heterocycles. The fraction of sp³-hybridized carbons (Fsp3) is 0. The van der Waals surface area contributed by atoms with Crippen LogP contribution in [0.25, 0.3) is 6.08 Å². The van der Waals surface area contributed by atoms with Crippen molar-refractivity contribution in [2.75, 3.05) is 11.5 Å². The molecule has 1 aromatic rings. The van der Waals surface area contributed by atoms with E-state index in [2.05, 4.69) is 10.7 Å². The van der Waals surface area contributed by atoms with E-state index in [1.807, 2.05) is 0 Å². The van der Waals surface area contributed by atoms with Crippen LogP contribution in [-0.4, -0.2) is 5.97 Å². The van der Waals surface area contributed by atoms with E-state index < -0.39 is 5.97 Å². The maximum absolute atomic E-state index is 10.6. The largest absolute Gasteiger partial charge is 0.397 e. The quantitative estimate of drug-likeness (QED) is 0.355. The van der Waals surface area contributed by atoms with Crippen LogP contribution in [0.15, 0.2) is 24.3 Å². The summed E-state index contributed by atoms with van der Waals surface area (Å²) >= 11 is 0. The summed E-state index contributed by atoms with van der Waals surface area (Å²) < 4.78 is 0. The number of carbonyl (C=O) groups excluding carboxylic acids is 1. The number of carbonyl (C=O) groups is 1. The van der Waals surface area contributed by atoms with Gasteiger partial charge in [-0.25, -0.2) is 4.79 Å². The van der Waals surface area contributed by atoms with Crippen molar-refractivity contribution in [3.8, 4) is 0 Å². The molecule has 5 heteroatoms. The second-order valence-electron chi connectivity index (χ2n) is 2.66. The molecule has 0 aromatic heterocycles. The predicted octanol–water partition coefficient (Wildman–Crippen LogP) is 0.281. The van der Waals surface area contributed by atoms with Gasteiger partial charge >= 0.3 is 5.97 Å². The lowest BCUT2D eigenvalue weighted by molar-refractivity contribution is -0.138. The molecule has 6 N–H and O–H groups in total. The molecule has 0 aliphatic carbocycles. The molecule has 0 aliphatic rings. The Morgan fingerprint density at radius 1 is 1.29 bits per heavy atom. The Hall–Kier alpha value is -2.01. The lowest BCUT2D eigenvalue weighted by Crippen LogP contribution is -2.05. The zero-order chi connectivity index (χ0) is 10.6. The first kappa shape index (κ1) is 10.1. The highest BCUT2D eigenvalue weighted by atomic mass is 16.7. The van der Waals surface area contributed by atoms with Crippen LogP contribution in [0.1, 0.15) is 5.56 Å². The van der Waals surface area contributed by atoms with Crippen LogP contribution in [-0.2, 0) is 9.63 Å². The number of anilines is 2. The Kier molecular flexibility index (Phi) is 3.09. The molecule has 0 radical (unpaired) electrons. The number of rotatable bonds is 2. The highest BCUT2D eigenvalue weighted by molar-refractivity contribution is 5.87. The Labute approximate surface area is 81.1 Å². The topological polar surface area (TPSA) is 104 Å². The summed E-state index contributed by atoms with van der Waals surface area (Å²) in [5.74, 6) is 4.02. The molecule has 14 heavy (non-hydrogen) atoms. The summed E-state index contributed by atoms with van der Waals surface area (Å²) in [4.78, 5) is 14.6. The van der Waals surface area contributed by atoms with E-state index in [1.165, 1.54) is 12.2 Å². The van der Waals surface area contributed by atoms with E-state index in [0.717, 1.165) is 5.56 Å². The number of hydrogen-bond acceptors (Lipinski definition) is 5. The normalized spacial score (nSPS) is 10.4. The third-order valence-electron chi connectivity index (χ3n) is 1.64. The van der Waals surface area contributed by atoms with Crippen molar-refractivity contribution in [3.63, 3.8) is 0 Å². The third-order valence-corrected chi connectivity index (χ3v) is 1.64. The first-order valence-corrected chi connectivity index (χ1v) is 3.87. The molecule has 1 rings (SSSR count). The monoisotopic (exact) mass is 193 g/mol. The molecular formula is C9H11N3O2. The van der Waals surface area contributed by atoms with Crippen molar-refractivity contribution >= 4 is 23.4 Å². The van der Waals surface area contributed by atoms with Crippen molar-refractivity contribution in [1.82, 2.24) is 0 Å². The van der Waals surface area contributed by atoms with Crippen LogP contribution in [0.4, 0.5) is 11.4 Å². The van der Waals surface area contributed by atoms with Gasteiger partial charge in [0.2, 0.25) is 0 Å². The van der Waals surface area contributed by atoms with Crippen LogP contribution < -0.4 is 17.4 Å². The molecule has 1 aromatic carbocycles. The smallest absolute Gasteiger partial charge is 0.349 e. The van der Waals surface area contributed by atoms with Crippen LogP contribution in [0, 0.1) is 0 Å². The van der Waals surface area contributed by atoms with Crippen molar-refractivity contribution < 1.29 is 9.63 Å². The molecular weight excluding hydrogens is 182 g/mol. The minimum Gasteiger partial charge on any atom is -0.397 e. The number of nitrogen functional groups attached to an aromatic ring is 2. The summed E-state index contributed by atoms with van der Waals surface area (Å²) in [7, 11) is 0. The molecule has 0 fully saturated rings. The standard InChI is InChI=1S/C9H11N3O2/c10-7-3-1-6(5-8(7)11)2-4-9(13)14-12/h1-5H,10-12H2/b4-2+. The van der Waals surface area contributed by atoms with Gasteiger partial charge in [-0.3, -0.25) is 0 Å². The highest BCUT2D eigenvalue weighted by Crippen LogP contribution is 2.16. The Bertz CT molecular complexity index is 374. The zero-order valence-corrected chi connectivity index (χ0v) is 7.44. The van der Waals surface area contributed by atoms with Gasteiger partial charge in [-0.1, -0.05) is 6.07 Å². The second-order valence-corrected chi connectivity index (χ2v) is 2.66. The molecule has 5 nitrogen and oxygen atoms in total. The SMILES string of the molecule is NOC(=O)/C=C/c1ccc(N)c(N)c1. The van der Waals surface area contributed by atoms with E-state index in [-0.39, 0.29) is 0 Å². The number of benzene rings is 1. The Balaban J connectivity index is 2.83. The van der Waals surface area contributed by atoms with Gasteiger partial charge in [-0.2, -0.15) is 5.90 Å². The Morgan fingerprint density at radius 2 is 2.00 bits per heavy atom. The van der Waals surface area contributed by atoms with Gasteiger partial charge in [0.1, 0.15) is 0 Å². The highest BCUT2D eigenvalue weighted by Gasteiger charge is 1.96. The maximum atomic E-state index is 10.6. The van der Waals surface area contributed by atoms with Crippen molar-refractivity contribution in [2.45, 2.75) is 0 Å². The number of nitrogens with two attached hydrogens (primary N) is 3. The average Bonchev–Trinajstić information content (AvgIpc) is 2.19. The van der Waals surface area contributed by atoms with Gasteiger partial charge < -0.3 is 16.3 Å². The van der Waals surface area contributed by atoms with Gasteiger partial charge in [0, 0.05) is 6.08 Å². The van der Waals surface area contributed by atoms with Crippen molar-refractivity contribution in [2.24, 2.45) is 5.90 Å². The third kappa shape index (κ3) is 2.49. The molecule has 0 unspecified atom stereocenters. The van der Waals surface area contributed by atoms with Crippen LogP contribution >= 0.6 is 0 Å². The summed E-state index contributed by atoms with van der Waals surface area (Å²) in [6.07, 6.45) is 2.73. The van der Waals surface area contributed by atoms with Gasteiger partial charge in [-0.05, 0) is 23.8 Å². The van der Waals surface area contributed by atoms with Gasteiger partial charge in [0.15, 0.2) is 0 Å². The summed E-state index contributed by atoms with van der Waals surface area (Å²) in [6, 6.07) is 5.03. The van der Waals surface area contributed by atoms with E-state index in [1.54, 1.807) is 18.2 Å². The summed E-state index contributed by atoms with van der Waals surface area (Å²) in [6.45, 7) is 0.